The van der Waals surface area contributed by atoms with Gasteiger partial charge in [-0.1, -0.05) is 43.0 Å². The lowest BCUT2D eigenvalue weighted by atomic mass is 10.1. The lowest BCUT2D eigenvalue weighted by Crippen LogP contribution is -2.01. The highest BCUT2D eigenvalue weighted by Gasteiger charge is 1.99. The molecule has 0 aromatic heterocycles. The fraction of sp³-hybridized carbons (Fsp3) is 0.0833. The molecule has 0 unspecified atom stereocenters. The van der Waals surface area contributed by atoms with Crippen molar-refractivity contribution in [3.05, 3.63) is 54.1 Å². The van der Waals surface area contributed by atoms with Crippen LogP contribution in [0.25, 0.3) is 5.70 Å². The van der Waals surface area contributed by atoms with Gasteiger partial charge in [-0.05, 0) is 5.56 Å². The van der Waals surface area contributed by atoms with Crippen LogP contribution in [0.1, 0.15) is 5.56 Å². The van der Waals surface area contributed by atoms with Crippen molar-refractivity contribution in [2.24, 2.45) is 10.7 Å². The van der Waals surface area contributed by atoms with Gasteiger partial charge < -0.3 is 5.73 Å². The van der Waals surface area contributed by atoms with Crippen LogP contribution < -0.4 is 5.73 Å². The maximum Gasteiger partial charge on any atom is 0.0476 e. The van der Waals surface area contributed by atoms with E-state index in [0.29, 0.717) is 5.70 Å². The van der Waals surface area contributed by atoms with Gasteiger partial charge in [-0.2, -0.15) is 0 Å². The molecule has 14 heavy (non-hydrogen) atoms. The van der Waals surface area contributed by atoms with E-state index in [4.69, 9.17) is 5.73 Å². The Morgan fingerprint density at radius 1 is 1.36 bits per heavy atom. The molecule has 0 spiro atoms. The van der Waals surface area contributed by atoms with Crippen molar-refractivity contribution in [3.8, 4) is 0 Å². The minimum atomic E-state index is 0.700. The molecule has 72 valence electrons. The summed E-state index contributed by atoms with van der Waals surface area (Å²) in [6.45, 7) is 3.70. The zero-order chi connectivity index (χ0) is 10.4. The Kier molecular flexibility index (Phi) is 3.68. The van der Waals surface area contributed by atoms with Gasteiger partial charge >= 0.3 is 0 Å². The standard InChI is InChI=1S/C12H14N2/c1-3-10(9-14-2)12(13)11-7-5-4-6-8-11/h3-9H,1,13H2,2H3. The van der Waals surface area contributed by atoms with Gasteiger partial charge in [0.2, 0.25) is 0 Å². The van der Waals surface area contributed by atoms with E-state index in [0.717, 1.165) is 11.1 Å². The van der Waals surface area contributed by atoms with Gasteiger partial charge in [0.15, 0.2) is 0 Å². The lowest BCUT2D eigenvalue weighted by Gasteiger charge is -2.03. The number of nitrogens with zero attached hydrogens (tertiary/aromatic N) is 1. The van der Waals surface area contributed by atoms with E-state index in [1.54, 1.807) is 19.3 Å². The first kappa shape index (κ1) is 10.3. The van der Waals surface area contributed by atoms with Gasteiger partial charge in [0.25, 0.3) is 0 Å². The highest BCUT2D eigenvalue weighted by Crippen LogP contribution is 2.12. The lowest BCUT2D eigenvalue weighted by molar-refractivity contribution is 1.45. The predicted molar refractivity (Wildman–Crippen MR) is 62.2 cm³/mol. The van der Waals surface area contributed by atoms with Crippen molar-refractivity contribution >= 4 is 11.9 Å². The first-order chi connectivity index (χ1) is 6.79. The SMILES string of the molecule is C=CC(C=NC)=C(N)c1ccccc1. The van der Waals surface area contributed by atoms with Gasteiger partial charge in [-0.3, -0.25) is 4.99 Å². The zero-order valence-electron chi connectivity index (χ0n) is 8.27. The summed E-state index contributed by atoms with van der Waals surface area (Å²) < 4.78 is 0. The second-order valence-corrected chi connectivity index (χ2v) is 2.83. The van der Waals surface area contributed by atoms with Gasteiger partial charge in [-0.25, -0.2) is 0 Å². The number of rotatable bonds is 3. The van der Waals surface area contributed by atoms with E-state index in [2.05, 4.69) is 11.6 Å². The number of benzene rings is 1. The summed E-state index contributed by atoms with van der Waals surface area (Å²) in [4.78, 5) is 3.92. The molecule has 0 fully saturated rings. The van der Waals surface area contributed by atoms with Crippen LogP contribution in [0.3, 0.4) is 0 Å². The van der Waals surface area contributed by atoms with Gasteiger partial charge in [0.1, 0.15) is 0 Å². The highest BCUT2D eigenvalue weighted by molar-refractivity contribution is 5.92. The molecular weight excluding hydrogens is 172 g/mol. The van der Waals surface area contributed by atoms with Crippen LogP contribution >= 0.6 is 0 Å². The van der Waals surface area contributed by atoms with Crippen LogP contribution in [0.15, 0.2) is 53.6 Å². The maximum atomic E-state index is 5.95. The van der Waals surface area contributed by atoms with Crippen molar-refractivity contribution in [1.29, 1.82) is 0 Å². The van der Waals surface area contributed by atoms with E-state index in [1.165, 1.54) is 0 Å². The molecule has 0 amide bonds. The molecule has 0 bridgehead atoms. The molecule has 0 aliphatic carbocycles. The molecule has 0 radical (unpaired) electrons. The maximum absolute atomic E-state index is 5.95. The highest BCUT2D eigenvalue weighted by atomic mass is 14.7. The summed E-state index contributed by atoms with van der Waals surface area (Å²) in [7, 11) is 1.71. The van der Waals surface area contributed by atoms with Crippen molar-refractivity contribution in [3.63, 3.8) is 0 Å². The van der Waals surface area contributed by atoms with Gasteiger partial charge in [0.05, 0.1) is 0 Å². The largest absolute Gasteiger partial charge is 0.398 e. The van der Waals surface area contributed by atoms with E-state index >= 15 is 0 Å². The van der Waals surface area contributed by atoms with Gasteiger partial charge in [-0.15, -0.1) is 0 Å². The van der Waals surface area contributed by atoms with Gasteiger partial charge in [0, 0.05) is 24.5 Å². The molecule has 1 aromatic rings. The third kappa shape index (κ3) is 2.33. The van der Waals surface area contributed by atoms with Crippen LogP contribution in [0.5, 0.6) is 0 Å². The molecule has 0 aliphatic rings. The number of allylic oxidation sites excluding steroid dienone is 2. The number of hydrogen-bond acceptors (Lipinski definition) is 2. The summed E-state index contributed by atoms with van der Waals surface area (Å²) in [5, 5.41) is 0. The second-order valence-electron chi connectivity index (χ2n) is 2.83. The third-order valence-electron chi connectivity index (χ3n) is 1.88. The third-order valence-corrected chi connectivity index (χ3v) is 1.88. The van der Waals surface area contributed by atoms with Crippen LogP contribution in [0.2, 0.25) is 0 Å². The number of aliphatic imine (C=N–C) groups is 1. The monoisotopic (exact) mass is 186 g/mol. The molecule has 1 aromatic carbocycles. The average molecular weight is 186 g/mol. The smallest absolute Gasteiger partial charge is 0.0476 e. The minimum absolute atomic E-state index is 0.700. The number of hydrogen-bond donors (Lipinski definition) is 1. The zero-order valence-corrected chi connectivity index (χ0v) is 8.27. The molecule has 2 N–H and O–H groups in total. The molecule has 0 saturated heterocycles. The topological polar surface area (TPSA) is 38.4 Å². The Morgan fingerprint density at radius 2 is 2.00 bits per heavy atom. The Labute approximate surface area is 84.5 Å². The van der Waals surface area contributed by atoms with E-state index < -0.39 is 0 Å². The van der Waals surface area contributed by atoms with E-state index in [1.807, 2.05) is 30.3 Å². The normalized spacial score (nSPS) is 12.6. The fourth-order valence-electron chi connectivity index (χ4n) is 1.16. The summed E-state index contributed by atoms with van der Waals surface area (Å²) in [5.74, 6) is 0. The summed E-state index contributed by atoms with van der Waals surface area (Å²) in [5.41, 5.74) is 8.49. The quantitative estimate of drug-likeness (QED) is 0.570. The Balaban J connectivity index is 3.14. The Bertz CT molecular complexity index is 361. The van der Waals surface area contributed by atoms with E-state index in [9.17, 15) is 0 Å². The molecule has 0 aliphatic heterocycles. The Morgan fingerprint density at radius 3 is 2.50 bits per heavy atom. The van der Waals surface area contributed by atoms with Crippen molar-refractivity contribution in [1.82, 2.24) is 0 Å². The summed E-state index contributed by atoms with van der Waals surface area (Å²) in [6.07, 6.45) is 3.41. The minimum Gasteiger partial charge on any atom is -0.398 e. The molecule has 1 rings (SSSR count). The van der Waals surface area contributed by atoms with Crippen molar-refractivity contribution in [2.45, 2.75) is 0 Å². The molecule has 0 heterocycles. The second kappa shape index (κ2) is 5.02. The average Bonchev–Trinajstić information content (AvgIpc) is 2.26. The van der Waals surface area contributed by atoms with E-state index in [-0.39, 0.29) is 0 Å². The van der Waals surface area contributed by atoms with Crippen LogP contribution in [-0.4, -0.2) is 13.3 Å². The Hall–Kier alpha value is -1.83. The molecular formula is C12H14N2. The molecule has 2 nitrogen and oxygen atoms in total. The predicted octanol–water partition coefficient (Wildman–Crippen LogP) is 2.24. The summed E-state index contributed by atoms with van der Waals surface area (Å²) >= 11 is 0. The van der Waals surface area contributed by atoms with Crippen molar-refractivity contribution in [2.75, 3.05) is 7.05 Å². The van der Waals surface area contributed by atoms with Crippen LogP contribution in [0.4, 0.5) is 0 Å². The first-order valence-electron chi connectivity index (χ1n) is 4.39. The number of nitrogens with two attached hydrogens (primary N) is 1. The van der Waals surface area contributed by atoms with Crippen LogP contribution in [-0.2, 0) is 0 Å². The molecule has 2 heteroatoms. The fourth-order valence-corrected chi connectivity index (χ4v) is 1.16. The van der Waals surface area contributed by atoms with Crippen molar-refractivity contribution < 1.29 is 0 Å². The summed E-state index contributed by atoms with van der Waals surface area (Å²) in [6, 6.07) is 9.78. The first-order valence-corrected chi connectivity index (χ1v) is 4.39. The van der Waals surface area contributed by atoms with Crippen LogP contribution in [0, 0.1) is 0 Å². The molecule has 0 atom stereocenters. The molecule has 0 saturated carbocycles.